The molecular formula is C27H23N3O6S2. The number of carbonyl (C=O) groups is 1. The molecule has 0 radical (unpaired) electrons. The average molecular weight is 550 g/mol. The molecule has 3 N–H and O–H groups in total. The van der Waals surface area contributed by atoms with Crippen molar-refractivity contribution in [3.63, 3.8) is 0 Å². The lowest BCUT2D eigenvalue weighted by Crippen LogP contribution is -2.09. The van der Waals surface area contributed by atoms with E-state index >= 15 is 0 Å². The van der Waals surface area contributed by atoms with E-state index in [2.05, 4.69) is 9.44 Å². The molecule has 0 aliphatic carbocycles. The molecule has 0 saturated carbocycles. The average Bonchev–Trinajstić information content (AvgIpc) is 2.91. The fourth-order valence-corrected chi connectivity index (χ4v) is 4.88. The van der Waals surface area contributed by atoms with Gasteiger partial charge in [-0.1, -0.05) is 29.8 Å². The van der Waals surface area contributed by atoms with E-state index in [0.29, 0.717) is 22.9 Å². The summed E-state index contributed by atoms with van der Waals surface area (Å²) in [5.74, 6) is -0.323. The molecule has 11 heteroatoms. The van der Waals surface area contributed by atoms with Crippen LogP contribution in [-0.4, -0.2) is 20.2 Å². The standard InChI is InChI=1S/C27H23N3O6S2/c1-18-2-13-24(14-3-18)38(35)29-26-15-10-22(16-25(26)27(31)32)36-21-8-4-19(5-9-21)17-28-37-23-11-6-20(7-12-23)30(33)34/h2-16,28-29H,17H2,1H3,(H,31,32). The zero-order valence-electron chi connectivity index (χ0n) is 20.1. The predicted molar refractivity (Wildman–Crippen MR) is 147 cm³/mol. The van der Waals surface area contributed by atoms with Gasteiger partial charge in [-0.3, -0.25) is 14.8 Å². The summed E-state index contributed by atoms with van der Waals surface area (Å²) < 4.78 is 24.4. The highest BCUT2D eigenvalue weighted by atomic mass is 32.2. The number of anilines is 1. The molecule has 0 bridgehead atoms. The topological polar surface area (TPSA) is 131 Å². The lowest BCUT2D eigenvalue weighted by atomic mass is 10.1. The van der Waals surface area contributed by atoms with Gasteiger partial charge in [0.25, 0.3) is 5.69 Å². The number of hydrogen-bond acceptors (Lipinski definition) is 7. The van der Waals surface area contributed by atoms with Crippen LogP contribution in [0.15, 0.2) is 101 Å². The number of carboxylic acid groups (broad SMARTS) is 1. The van der Waals surface area contributed by atoms with Crippen LogP contribution in [0.5, 0.6) is 11.5 Å². The van der Waals surface area contributed by atoms with Crippen molar-refractivity contribution in [2.24, 2.45) is 0 Å². The second kappa shape index (κ2) is 12.4. The molecular weight excluding hydrogens is 526 g/mol. The van der Waals surface area contributed by atoms with E-state index in [1.165, 1.54) is 36.2 Å². The number of ether oxygens (including phenoxy) is 1. The third kappa shape index (κ3) is 7.19. The summed E-state index contributed by atoms with van der Waals surface area (Å²) in [6.07, 6.45) is 0. The van der Waals surface area contributed by atoms with E-state index in [1.54, 1.807) is 42.5 Å². The molecule has 9 nitrogen and oxygen atoms in total. The molecule has 194 valence electrons. The Kier molecular flexibility index (Phi) is 8.74. The van der Waals surface area contributed by atoms with Crippen LogP contribution in [0.4, 0.5) is 11.4 Å². The fourth-order valence-electron chi connectivity index (χ4n) is 3.32. The minimum atomic E-state index is -1.62. The second-order valence-electron chi connectivity index (χ2n) is 8.12. The Morgan fingerprint density at radius 1 is 0.974 bits per heavy atom. The molecule has 0 spiro atoms. The highest BCUT2D eigenvalue weighted by Crippen LogP contribution is 2.28. The van der Waals surface area contributed by atoms with Gasteiger partial charge in [0.2, 0.25) is 0 Å². The zero-order chi connectivity index (χ0) is 27.1. The molecule has 0 saturated heterocycles. The van der Waals surface area contributed by atoms with Gasteiger partial charge < -0.3 is 14.6 Å². The van der Waals surface area contributed by atoms with Crippen molar-refractivity contribution in [2.45, 2.75) is 23.3 Å². The summed E-state index contributed by atoms with van der Waals surface area (Å²) in [5.41, 5.74) is 2.21. The van der Waals surface area contributed by atoms with Crippen molar-refractivity contribution >= 4 is 40.3 Å². The summed E-state index contributed by atoms with van der Waals surface area (Å²) in [7, 11) is -1.62. The maximum absolute atomic E-state index is 12.6. The highest BCUT2D eigenvalue weighted by Gasteiger charge is 2.15. The number of non-ortho nitro benzene ring substituents is 1. The Morgan fingerprint density at radius 2 is 1.63 bits per heavy atom. The first kappa shape index (κ1) is 26.9. The molecule has 4 aromatic rings. The van der Waals surface area contributed by atoms with Crippen LogP contribution in [0.1, 0.15) is 21.5 Å². The van der Waals surface area contributed by atoms with Gasteiger partial charge in [-0.05, 0) is 79.0 Å². The number of nitrogens with one attached hydrogen (secondary N) is 2. The Bertz CT molecular complexity index is 1460. The first-order valence-electron chi connectivity index (χ1n) is 11.3. The van der Waals surface area contributed by atoms with E-state index in [0.717, 1.165) is 16.0 Å². The van der Waals surface area contributed by atoms with Crippen molar-refractivity contribution in [2.75, 3.05) is 4.72 Å². The van der Waals surface area contributed by atoms with Crippen LogP contribution in [0.2, 0.25) is 0 Å². The molecule has 0 aliphatic heterocycles. The van der Waals surface area contributed by atoms with Gasteiger partial charge in [-0.25, -0.2) is 9.00 Å². The predicted octanol–water partition coefficient (Wildman–Crippen LogP) is 6.33. The first-order valence-corrected chi connectivity index (χ1v) is 13.3. The molecule has 1 atom stereocenters. The molecule has 0 aromatic heterocycles. The number of aryl methyl sites for hydroxylation is 1. The third-order valence-electron chi connectivity index (χ3n) is 5.33. The number of aromatic carboxylic acids is 1. The number of carboxylic acids is 1. The summed E-state index contributed by atoms with van der Waals surface area (Å²) in [6, 6.07) is 25.2. The lowest BCUT2D eigenvalue weighted by Gasteiger charge is -2.12. The van der Waals surface area contributed by atoms with Crippen LogP contribution in [-0.2, 0) is 17.5 Å². The zero-order valence-corrected chi connectivity index (χ0v) is 21.8. The number of benzene rings is 4. The minimum absolute atomic E-state index is 0.0449. The van der Waals surface area contributed by atoms with Crippen LogP contribution in [0.25, 0.3) is 0 Å². The minimum Gasteiger partial charge on any atom is -0.478 e. The summed E-state index contributed by atoms with van der Waals surface area (Å²) in [4.78, 5) is 23.5. The van der Waals surface area contributed by atoms with Gasteiger partial charge in [-0.2, -0.15) is 0 Å². The van der Waals surface area contributed by atoms with Crippen molar-refractivity contribution in [1.82, 2.24) is 4.72 Å². The van der Waals surface area contributed by atoms with Gasteiger partial charge >= 0.3 is 5.97 Å². The number of nitrogens with zero attached hydrogens (tertiary/aromatic N) is 1. The Morgan fingerprint density at radius 3 is 2.26 bits per heavy atom. The summed E-state index contributed by atoms with van der Waals surface area (Å²) in [6.45, 7) is 2.47. The first-order chi connectivity index (χ1) is 18.3. The fraction of sp³-hybridized carbons (Fsp3) is 0.0741. The molecule has 1 unspecified atom stereocenters. The molecule has 4 aromatic carbocycles. The van der Waals surface area contributed by atoms with Gasteiger partial charge in [0.15, 0.2) is 0 Å². The normalized spacial score (nSPS) is 11.5. The van der Waals surface area contributed by atoms with Crippen molar-refractivity contribution in [1.29, 1.82) is 0 Å². The summed E-state index contributed by atoms with van der Waals surface area (Å²) in [5, 5.41) is 20.4. The van der Waals surface area contributed by atoms with Crippen LogP contribution in [0.3, 0.4) is 0 Å². The smallest absolute Gasteiger partial charge is 0.337 e. The quantitative estimate of drug-likeness (QED) is 0.112. The largest absolute Gasteiger partial charge is 0.478 e. The number of hydrogen-bond donors (Lipinski definition) is 3. The SMILES string of the molecule is Cc1ccc(S(=O)Nc2ccc(Oc3ccc(CNSc4ccc([N+](=O)[O-])cc4)cc3)cc2C(=O)O)cc1. The third-order valence-corrected chi connectivity index (χ3v) is 7.23. The number of nitro groups is 1. The van der Waals surface area contributed by atoms with E-state index in [9.17, 15) is 24.2 Å². The van der Waals surface area contributed by atoms with E-state index in [-0.39, 0.29) is 16.9 Å². The van der Waals surface area contributed by atoms with Crippen molar-refractivity contribution < 1.29 is 23.8 Å². The molecule has 0 heterocycles. The Balaban J connectivity index is 1.35. The van der Waals surface area contributed by atoms with Crippen molar-refractivity contribution in [3.05, 3.63) is 118 Å². The lowest BCUT2D eigenvalue weighted by molar-refractivity contribution is -0.384. The monoisotopic (exact) mass is 549 g/mol. The molecule has 0 fully saturated rings. The van der Waals surface area contributed by atoms with Gasteiger partial charge in [-0.15, -0.1) is 0 Å². The number of nitro benzene ring substituents is 1. The summed E-state index contributed by atoms with van der Waals surface area (Å²) >= 11 is 1.36. The Hall–Kier alpha value is -4.19. The maximum atomic E-state index is 12.6. The van der Waals surface area contributed by atoms with Crippen LogP contribution >= 0.6 is 11.9 Å². The van der Waals surface area contributed by atoms with Gasteiger partial charge in [0.05, 0.1) is 21.1 Å². The molecule has 0 aliphatic rings. The van der Waals surface area contributed by atoms with Crippen LogP contribution < -0.4 is 14.2 Å². The molecule has 0 amide bonds. The number of rotatable bonds is 11. The van der Waals surface area contributed by atoms with Gasteiger partial charge in [0.1, 0.15) is 22.5 Å². The molecule has 4 rings (SSSR count). The van der Waals surface area contributed by atoms with E-state index in [4.69, 9.17) is 4.74 Å². The Labute approximate surface area is 225 Å². The second-order valence-corrected chi connectivity index (χ2v) is 10.3. The van der Waals surface area contributed by atoms with Gasteiger partial charge in [0, 0.05) is 23.6 Å². The molecule has 38 heavy (non-hydrogen) atoms. The van der Waals surface area contributed by atoms with E-state index in [1.807, 2.05) is 31.2 Å². The van der Waals surface area contributed by atoms with Crippen molar-refractivity contribution in [3.8, 4) is 11.5 Å². The maximum Gasteiger partial charge on any atom is 0.337 e. The van der Waals surface area contributed by atoms with E-state index < -0.39 is 21.9 Å². The highest BCUT2D eigenvalue weighted by molar-refractivity contribution is 7.97. The van der Waals surface area contributed by atoms with Crippen LogP contribution in [0, 0.1) is 17.0 Å².